The van der Waals surface area contributed by atoms with Crippen LogP contribution in [0.3, 0.4) is 0 Å². The zero-order chi connectivity index (χ0) is 14.9. The number of aromatic nitrogens is 1. The molecular weight excluding hydrogens is 268 g/mol. The van der Waals surface area contributed by atoms with Gasteiger partial charge >= 0.3 is 5.97 Å². The average Bonchev–Trinajstić information content (AvgIpc) is 3.09. The summed E-state index contributed by atoms with van der Waals surface area (Å²) in [5.74, 6) is -0.0615. The maximum atomic E-state index is 11.5. The minimum atomic E-state index is -0.800. The van der Waals surface area contributed by atoms with Gasteiger partial charge < -0.3 is 9.63 Å². The number of carboxylic acid groups (broad SMARTS) is 1. The first-order valence-corrected chi connectivity index (χ1v) is 7.09. The molecule has 0 aliphatic carbocycles. The summed E-state index contributed by atoms with van der Waals surface area (Å²) in [6, 6.07) is 11.6. The van der Waals surface area contributed by atoms with Crippen LogP contribution in [0.25, 0.3) is 11.3 Å². The maximum Gasteiger partial charge on any atom is 0.323 e. The highest BCUT2D eigenvalue weighted by atomic mass is 16.5. The second-order valence-electron chi connectivity index (χ2n) is 5.65. The molecule has 5 nitrogen and oxygen atoms in total. The second kappa shape index (κ2) is 5.33. The highest BCUT2D eigenvalue weighted by molar-refractivity contribution is 5.78. The fourth-order valence-corrected chi connectivity index (χ4v) is 2.84. The summed E-state index contributed by atoms with van der Waals surface area (Å²) in [5.41, 5.74) is 0.938. The van der Waals surface area contributed by atoms with Gasteiger partial charge in [0.05, 0.1) is 5.69 Å². The summed E-state index contributed by atoms with van der Waals surface area (Å²) in [4.78, 5) is 13.4. The van der Waals surface area contributed by atoms with Crippen molar-refractivity contribution in [3.8, 4) is 11.3 Å². The molecule has 2 heterocycles. The van der Waals surface area contributed by atoms with Gasteiger partial charge in [0.15, 0.2) is 5.76 Å². The van der Waals surface area contributed by atoms with Gasteiger partial charge in [-0.1, -0.05) is 35.5 Å². The molecule has 1 N–H and O–H groups in total. The van der Waals surface area contributed by atoms with E-state index < -0.39 is 11.5 Å². The van der Waals surface area contributed by atoms with Crippen LogP contribution in [0.2, 0.25) is 0 Å². The zero-order valence-corrected chi connectivity index (χ0v) is 12.0. The number of likely N-dealkylation sites (tertiary alicyclic amines) is 1. The summed E-state index contributed by atoms with van der Waals surface area (Å²) in [6.45, 7) is 3.05. The van der Waals surface area contributed by atoms with E-state index in [1.54, 1.807) is 6.92 Å². The number of benzene rings is 1. The van der Waals surface area contributed by atoms with E-state index in [0.29, 0.717) is 18.7 Å². The van der Waals surface area contributed by atoms with Crippen LogP contribution >= 0.6 is 0 Å². The van der Waals surface area contributed by atoms with E-state index in [2.05, 4.69) is 5.16 Å². The molecule has 0 spiro atoms. The first-order valence-electron chi connectivity index (χ1n) is 7.09. The highest BCUT2D eigenvalue weighted by Crippen LogP contribution is 2.31. The SMILES string of the molecule is CC1(C(=O)O)CCCN1Cc1cc(-c2ccccc2)on1. The molecule has 0 saturated carbocycles. The lowest BCUT2D eigenvalue weighted by Crippen LogP contribution is -2.47. The first kappa shape index (κ1) is 13.8. The lowest BCUT2D eigenvalue weighted by Gasteiger charge is -2.30. The summed E-state index contributed by atoms with van der Waals surface area (Å²) in [6.07, 6.45) is 1.57. The standard InChI is InChI=1S/C16H18N2O3/c1-16(15(19)20)8-5-9-18(16)11-13-10-14(21-17-13)12-6-3-2-4-7-12/h2-4,6-7,10H,5,8-9,11H2,1H3,(H,19,20). The number of hydrogen-bond donors (Lipinski definition) is 1. The van der Waals surface area contributed by atoms with Crippen LogP contribution in [-0.2, 0) is 11.3 Å². The topological polar surface area (TPSA) is 66.6 Å². The minimum Gasteiger partial charge on any atom is -0.480 e. The van der Waals surface area contributed by atoms with Crippen molar-refractivity contribution in [1.29, 1.82) is 0 Å². The molecule has 5 heteroatoms. The van der Waals surface area contributed by atoms with Crippen molar-refractivity contribution in [3.63, 3.8) is 0 Å². The van der Waals surface area contributed by atoms with Gasteiger partial charge in [0.2, 0.25) is 0 Å². The van der Waals surface area contributed by atoms with Crippen molar-refractivity contribution >= 4 is 5.97 Å². The van der Waals surface area contributed by atoms with Gasteiger partial charge in [-0.15, -0.1) is 0 Å². The van der Waals surface area contributed by atoms with Crippen LogP contribution in [0.4, 0.5) is 0 Å². The fourth-order valence-electron chi connectivity index (χ4n) is 2.84. The quantitative estimate of drug-likeness (QED) is 0.936. The third kappa shape index (κ3) is 2.56. The van der Waals surface area contributed by atoms with Gasteiger partial charge in [-0.25, -0.2) is 0 Å². The number of nitrogens with zero attached hydrogens (tertiary/aromatic N) is 2. The number of carbonyl (C=O) groups is 1. The number of rotatable bonds is 4. The Kier molecular flexibility index (Phi) is 3.51. The van der Waals surface area contributed by atoms with Crippen LogP contribution in [0, 0.1) is 0 Å². The van der Waals surface area contributed by atoms with Crippen molar-refractivity contribution in [1.82, 2.24) is 10.1 Å². The average molecular weight is 286 g/mol. The third-order valence-corrected chi connectivity index (χ3v) is 4.22. The second-order valence-corrected chi connectivity index (χ2v) is 5.65. The minimum absolute atomic E-state index is 0.499. The molecule has 21 heavy (non-hydrogen) atoms. The molecule has 1 aliphatic heterocycles. The third-order valence-electron chi connectivity index (χ3n) is 4.22. The normalized spacial score (nSPS) is 22.5. The molecule has 1 aliphatic rings. The molecule has 0 amide bonds. The number of hydrogen-bond acceptors (Lipinski definition) is 4. The molecule has 1 saturated heterocycles. The fraction of sp³-hybridized carbons (Fsp3) is 0.375. The molecule has 3 rings (SSSR count). The molecule has 0 radical (unpaired) electrons. The Morgan fingerprint density at radius 1 is 1.43 bits per heavy atom. The molecule has 1 unspecified atom stereocenters. The Labute approximate surface area is 123 Å². The van der Waals surface area contributed by atoms with Gasteiger partial charge in [-0.3, -0.25) is 9.69 Å². The number of carboxylic acids is 1. The van der Waals surface area contributed by atoms with Crippen LogP contribution < -0.4 is 0 Å². The van der Waals surface area contributed by atoms with Crippen LogP contribution in [-0.4, -0.2) is 33.2 Å². The molecule has 0 bridgehead atoms. The van der Waals surface area contributed by atoms with Gasteiger partial charge in [-0.2, -0.15) is 0 Å². The lowest BCUT2D eigenvalue weighted by molar-refractivity contribution is -0.148. The molecule has 110 valence electrons. The zero-order valence-electron chi connectivity index (χ0n) is 12.0. The summed E-state index contributed by atoms with van der Waals surface area (Å²) < 4.78 is 5.37. The van der Waals surface area contributed by atoms with E-state index >= 15 is 0 Å². The highest BCUT2D eigenvalue weighted by Gasteiger charge is 2.43. The Morgan fingerprint density at radius 3 is 2.90 bits per heavy atom. The first-order chi connectivity index (χ1) is 10.1. The van der Waals surface area contributed by atoms with Gasteiger partial charge in [0.1, 0.15) is 5.54 Å². The predicted molar refractivity (Wildman–Crippen MR) is 77.6 cm³/mol. The van der Waals surface area contributed by atoms with Crippen molar-refractivity contribution in [2.24, 2.45) is 0 Å². The maximum absolute atomic E-state index is 11.5. The number of aliphatic carboxylic acids is 1. The van der Waals surface area contributed by atoms with Crippen LogP contribution in [0.15, 0.2) is 40.9 Å². The van der Waals surface area contributed by atoms with E-state index in [1.807, 2.05) is 41.3 Å². The Balaban J connectivity index is 1.77. The molecule has 1 aromatic heterocycles. The van der Waals surface area contributed by atoms with Crippen LogP contribution in [0.5, 0.6) is 0 Å². The summed E-state index contributed by atoms with van der Waals surface area (Å²) in [5, 5.41) is 13.5. The molecule has 1 aromatic carbocycles. The van der Waals surface area contributed by atoms with Crippen molar-refractivity contribution in [2.75, 3.05) is 6.54 Å². The monoisotopic (exact) mass is 286 g/mol. The molecule has 1 atom stereocenters. The summed E-state index contributed by atoms with van der Waals surface area (Å²) >= 11 is 0. The largest absolute Gasteiger partial charge is 0.480 e. The van der Waals surface area contributed by atoms with E-state index in [4.69, 9.17) is 4.52 Å². The van der Waals surface area contributed by atoms with E-state index in [9.17, 15) is 9.90 Å². The Morgan fingerprint density at radius 2 is 2.19 bits per heavy atom. The van der Waals surface area contributed by atoms with Gasteiger partial charge in [-0.05, 0) is 26.3 Å². The van der Waals surface area contributed by atoms with Crippen molar-refractivity contribution in [2.45, 2.75) is 31.8 Å². The lowest BCUT2D eigenvalue weighted by atomic mass is 9.99. The van der Waals surface area contributed by atoms with E-state index in [0.717, 1.165) is 24.2 Å². The molecular formula is C16H18N2O3. The predicted octanol–water partition coefficient (Wildman–Crippen LogP) is 2.78. The summed E-state index contributed by atoms with van der Waals surface area (Å²) in [7, 11) is 0. The Bertz CT molecular complexity index is 638. The smallest absolute Gasteiger partial charge is 0.323 e. The Hall–Kier alpha value is -2.14. The van der Waals surface area contributed by atoms with Crippen molar-refractivity contribution < 1.29 is 14.4 Å². The van der Waals surface area contributed by atoms with Gasteiger partial charge in [0.25, 0.3) is 0 Å². The van der Waals surface area contributed by atoms with E-state index in [1.165, 1.54) is 0 Å². The van der Waals surface area contributed by atoms with E-state index in [-0.39, 0.29) is 0 Å². The molecule has 1 fully saturated rings. The molecule has 2 aromatic rings. The van der Waals surface area contributed by atoms with Crippen molar-refractivity contribution in [3.05, 3.63) is 42.1 Å². The van der Waals surface area contributed by atoms with Crippen LogP contribution in [0.1, 0.15) is 25.5 Å². The van der Waals surface area contributed by atoms with Gasteiger partial charge in [0, 0.05) is 18.2 Å².